The van der Waals surface area contributed by atoms with Crippen LogP contribution in [0.25, 0.3) is 0 Å². The Labute approximate surface area is 149 Å². The molecule has 0 radical (unpaired) electrons. The lowest BCUT2D eigenvalue weighted by atomic mass is 10.2. The number of methoxy groups -OCH3 is 1. The molecular weight excluding hydrogens is 334 g/mol. The summed E-state index contributed by atoms with van der Waals surface area (Å²) in [6, 6.07) is 11.8. The smallest absolute Gasteiger partial charge is 0.255 e. The number of pyridine rings is 1. The van der Waals surface area contributed by atoms with Crippen molar-refractivity contribution in [3.05, 3.63) is 66.6 Å². The van der Waals surface area contributed by atoms with Crippen LogP contribution in [0.4, 0.5) is 11.4 Å². The molecule has 2 amide bonds. The van der Waals surface area contributed by atoms with E-state index in [2.05, 4.69) is 20.7 Å². The average molecular weight is 351 g/mol. The summed E-state index contributed by atoms with van der Waals surface area (Å²) in [5.41, 5.74) is 1.49. The number of aromatic nitrogens is 3. The number of rotatable bonds is 6. The number of benzene rings is 1. The van der Waals surface area contributed by atoms with E-state index in [0.29, 0.717) is 22.8 Å². The summed E-state index contributed by atoms with van der Waals surface area (Å²) in [5.74, 6) is -0.0735. The van der Waals surface area contributed by atoms with Gasteiger partial charge in [-0.15, -0.1) is 0 Å². The predicted molar refractivity (Wildman–Crippen MR) is 96.0 cm³/mol. The van der Waals surface area contributed by atoms with Crippen LogP contribution in [0.5, 0.6) is 5.88 Å². The first kappa shape index (κ1) is 17.2. The number of carbonyl (C=O) groups excluding carboxylic acids is 2. The molecule has 0 saturated heterocycles. The summed E-state index contributed by atoms with van der Waals surface area (Å²) in [6.45, 7) is 0.0982. The van der Waals surface area contributed by atoms with Gasteiger partial charge in [-0.05, 0) is 30.3 Å². The highest BCUT2D eigenvalue weighted by Gasteiger charge is 2.09. The highest BCUT2D eigenvalue weighted by atomic mass is 16.5. The van der Waals surface area contributed by atoms with E-state index in [1.807, 2.05) is 0 Å². The minimum absolute atomic E-state index is 0.0982. The molecule has 0 fully saturated rings. The van der Waals surface area contributed by atoms with Crippen molar-refractivity contribution in [1.29, 1.82) is 0 Å². The average Bonchev–Trinajstić information content (AvgIpc) is 3.15. The lowest BCUT2D eigenvalue weighted by Crippen LogP contribution is -2.19. The molecule has 0 bridgehead atoms. The Morgan fingerprint density at radius 1 is 1.12 bits per heavy atom. The molecule has 8 heteroatoms. The van der Waals surface area contributed by atoms with E-state index >= 15 is 0 Å². The third kappa shape index (κ3) is 4.44. The maximum atomic E-state index is 12.4. The van der Waals surface area contributed by atoms with Crippen molar-refractivity contribution >= 4 is 23.2 Å². The third-order valence-corrected chi connectivity index (χ3v) is 3.48. The van der Waals surface area contributed by atoms with Gasteiger partial charge in [-0.2, -0.15) is 5.10 Å². The lowest BCUT2D eigenvalue weighted by molar-refractivity contribution is -0.116. The van der Waals surface area contributed by atoms with Crippen molar-refractivity contribution in [2.24, 2.45) is 0 Å². The molecule has 0 unspecified atom stereocenters. The van der Waals surface area contributed by atoms with Crippen molar-refractivity contribution in [2.45, 2.75) is 6.54 Å². The molecule has 0 atom stereocenters. The molecule has 0 saturated carbocycles. The van der Waals surface area contributed by atoms with Crippen LogP contribution < -0.4 is 15.4 Å². The van der Waals surface area contributed by atoms with Gasteiger partial charge in [0.2, 0.25) is 11.8 Å². The summed E-state index contributed by atoms with van der Waals surface area (Å²) in [7, 11) is 1.52. The Kier molecular flexibility index (Phi) is 5.23. The van der Waals surface area contributed by atoms with Crippen molar-refractivity contribution in [3.63, 3.8) is 0 Å². The Bertz CT molecular complexity index is 891. The fraction of sp³-hybridized carbons (Fsp3) is 0.111. The van der Waals surface area contributed by atoms with Crippen LogP contribution in [0.2, 0.25) is 0 Å². The van der Waals surface area contributed by atoms with Crippen molar-refractivity contribution in [1.82, 2.24) is 14.8 Å². The van der Waals surface area contributed by atoms with Gasteiger partial charge in [0.05, 0.1) is 19.0 Å². The number of carbonyl (C=O) groups is 2. The van der Waals surface area contributed by atoms with Gasteiger partial charge in [-0.3, -0.25) is 14.3 Å². The predicted octanol–water partition coefficient (Wildman–Crippen LogP) is 2.18. The molecule has 132 valence electrons. The molecule has 0 aliphatic heterocycles. The van der Waals surface area contributed by atoms with E-state index in [4.69, 9.17) is 4.74 Å². The van der Waals surface area contributed by atoms with E-state index in [0.717, 1.165) is 0 Å². The molecule has 1 aromatic carbocycles. The maximum Gasteiger partial charge on any atom is 0.255 e. The van der Waals surface area contributed by atoms with Crippen molar-refractivity contribution in [3.8, 4) is 5.88 Å². The summed E-state index contributed by atoms with van der Waals surface area (Å²) < 4.78 is 6.50. The molecule has 26 heavy (non-hydrogen) atoms. The number of anilines is 2. The molecule has 2 aromatic heterocycles. The number of ether oxygens (including phenoxy) is 1. The van der Waals surface area contributed by atoms with E-state index < -0.39 is 0 Å². The SMILES string of the molecule is COc1ccc(NC(=O)c2cccc(NC(=O)Cn3cccn3)c2)cn1. The van der Waals surface area contributed by atoms with Gasteiger partial charge in [0.1, 0.15) is 6.54 Å². The Hall–Kier alpha value is -3.68. The number of nitrogens with one attached hydrogen (secondary N) is 2. The monoisotopic (exact) mass is 351 g/mol. The molecule has 0 aliphatic rings. The first-order chi connectivity index (χ1) is 12.6. The summed E-state index contributed by atoms with van der Waals surface area (Å²) in [6.07, 6.45) is 4.81. The standard InChI is InChI=1S/C18H17N5O3/c1-26-17-7-6-15(11-19-17)22-18(25)13-4-2-5-14(10-13)21-16(24)12-23-9-3-8-20-23/h2-11H,12H2,1H3,(H,21,24)(H,22,25). The first-order valence-electron chi connectivity index (χ1n) is 7.83. The quantitative estimate of drug-likeness (QED) is 0.709. The highest BCUT2D eigenvalue weighted by Crippen LogP contribution is 2.15. The highest BCUT2D eigenvalue weighted by molar-refractivity contribution is 6.05. The third-order valence-electron chi connectivity index (χ3n) is 3.48. The van der Waals surface area contributed by atoms with Gasteiger partial charge in [0.15, 0.2) is 0 Å². The van der Waals surface area contributed by atoms with E-state index in [1.54, 1.807) is 54.9 Å². The van der Waals surface area contributed by atoms with Gasteiger partial charge >= 0.3 is 0 Å². The largest absolute Gasteiger partial charge is 0.481 e. The molecule has 2 N–H and O–H groups in total. The van der Waals surface area contributed by atoms with Crippen LogP contribution in [-0.2, 0) is 11.3 Å². The van der Waals surface area contributed by atoms with Crippen LogP contribution in [-0.4, -0.2) is 33.7 Å². The zero-order valence-electron chi connectivity index (χ0n) is 14.0. The maximum absolute atomic E-state index is 12.4. The number of amides is 2. The van der Waals surface area contributed by atoms with Gasteiger partial charge in [-0.1, -0.05) is 6.07 Å². The molecule has 0 spiro atoms. The van der Waals surface area contributed by atoms with Crippen molar-refractivity contribution < 1.29 is 14.3 Å². The summed E-state index contributed by atoms with van der Waals surface area (Å²) in [5, 5.41) is 9.47. The van der Waals surface area contributed by atoms with Gasteiger partial charge in [-0.25, -0.2) is 4.98 Å². The summed E-state index contributed by atoms with van der Waals surface area (Å²) >= 11 is 0. The zero-order valence-corrected chi connectivity index (χ0v) is 14.0. The molecule has 3 rings (SSSR count). The Morgan fingerprint density at radius 2 is 2.00 bits per heavy atom. The minimum Gasteiger partial charge on any atom is -0.481 e. The Morgan fingerprint density at radius 3 is 2.69 bits per heavy atom. The molecule has 8 nitrogen and oxygen atoms in total. The first-order valence-corrected chi connectivity index (χ1v) is 7.83. The molecule has 0 aliphatic carbocycles. The topological polar surface area (TPSA) is 98.1 Å². The second-order valence-electron chi connectivity index (χ2n) is 5.38. The fourth-order valence-electron chi connectivity index (χ4n) is 2.26. The van der Waals surface area contributed by atoms with Crippen LogP contribution in [0, 0.1) is 0 Å². The zero-order chi connectivity index (χ0) is 18.4. The second-order valence-corrected chi connectivity index (χ2v) is 5.38. The van der Waals surface area contributed by atoms with E-state index in [9.17, 15) is 9.59 Å². The van der Waals surface area contributed by atoms with Crippen LogP contribution >= 0.6 is 0 Å². The van der Waals surface area contributed by atoms with Crippen LogP contribution in [0.3, 0.4) is 0 Å². The second kappa shape index (κ2) is 7.93. The molecule has 2 heterocycles. The lowest BCUT2D eigenvalue weighted by Gasteiger charge is -2.09. The van der Waals surface area contributed by atoms with Crippen molar-refractivity contribution in [2.75, 3.05) is 17.7 Å². The van der Waals surface area contributed by atoms with Gasteiger partial charge in [0, 0.05) is 29.7 Å². The molecular formula is C18H17N5O3. The number of hydrogen-bond donors (Lipinski definition) is 2. The molecule has 3 aromatic rings. The van der Waals surface area contributed by atoms with Crippen LogP contribution in [0.15, 0.2) is 61.1 Å². The Balaban J connectivity index is 1.63. The van der Waals surface area contributed by atoms with E-state index in [1.165, 1.54) is 18.0 Å². The van der Waals surface area contributed by atoms with Crippen LogP contribution in [0.1, 0.15) is 10.4 Å². The number of nitrogens with zero attached hydrogens (tertiary/aromatic N) is 3. The van der Waals surface area contributed by atoms with E-state index in [-0.39, 0.29) is 18.4 Å². The normalized spacial score (nSPS) is 10.2. The summed E-state index contributed by atoms with van der Waals surface area (Å²) in [4.78, 5) is 28.4. The fourth-order valence-corrected chi connectivity index (χ4v) is 2.26. The number of hydrogen-bond acceptors (Lipinski definition) is 5. The minimum atomic E-state index is -0.305. The van der Waals surface area contributed by atoms with Gasteiger partial charge in [0.25, 0.3) is 5.91 Å². The van der Waals surface area contributed by atoms with Gasteiger partial charge < -0.3 is 15.4 Å².